The first-order valence-electron chi connectivity index (χ1n) is 3.80. The second-order valence-corrected chi connectivity index (χ2v) is 2.25. The molecule has 0 saturated carbocycles. The number of allylic oxidation sites excluding steroid dienone is 4. The van der Waals surface area contributed by atoms with E-state index in [1.54, 1.807) is 0 Å². The van der Waals surface area contributed by atoms with Gasteiger partial charge < -0.3 is 5.32 Å². The lowest BCUT2D eigenvalue weighted by Crippen LogP contribution is -2.18. The molecule has 0 spiro atoms. The summed E-state index contributed by atoms with van der Waals surface area (Å²) in [7, 11) is 0. The molecule has 2 heteroatoms. The van der Waals surface area contributed by atoms with Gasteiger partial charge in [0.05, 0.1) is 0 Å². The lowest BCUT2D eigenvalue weighted by Gasteiger charge is -2.02. The van der Waals surface area contributed by atoms with Gasteiger partial charge in [-0.15, -0.1) is 0 Å². The van der Waals surface area contributed by atoms with Crippen molar-refractivity contribution in [3.8, 4) is 0 Å². The van der Waals surface area contributed by atoms with E-state index in [0.29, 0.717) is 0 Å². The van der Waals surface area contributed by atoms with Crippen LogP contribution in [0.2, 0.25) is 0 Å². The zero-order chi connectivity index (χ0) is 8.69. The molecule has 0 aliphatic carbocycles. The van der Waals surface area contributed by atoms with Gasteiger partial charge >= 0.3 is 0 Å². The van der Waals surface area contributed by atoms with Crippen molar-refractivity contribution >= 4 is 5.91 Å². The smallest absolute Gasteiger partial charge is 0.220 e. The number of hydrogen-bond acceptors (Lipinski definition) is 1. The van der Waals surface area contributed by atoms with Crippen LogP contribution in [0.4, 0.5) is 0 Å². The first kappa shape index (κ1) is 9.95. The van der Waals surface area contributed by atoms with E-state index in [1.165, 1.54) is 6.92 Å². The van der Waals surface area contributed by atoms with Gasteiger partial charge in [-0.1, -0.05) is 19.1 Å². The molecule has 0 atom stereocenters. The van der Waals surface area contributed by atoms with Crippen LogP contribution < -0.4 is 5.32 Å². The Hall–Kier alpha value is -1.05. The monoisotopic (exact) mass is 153 g/mol. The Morgan fingerprint density at radius 3 is 2.55 bits per heavy atom. The molecule has 0 aliphatic rings. The van der Waals surface area contributed by atoms with E-state index in [4.69, 9.17) is 0 Å². The van der Waals surface area contributed by atoms with Gasteiger partial charge in [-0.3, -0.25) is 4.79 Å². The summed E-state index contributed by atoms with van der Waals surface area (Å²) in [5.41, 5.74) is 0.954. The molecule has 11 heavy (non-hydrogen) atoms. The van der Waals surface area contributed by atoms with Crippen molar-refractivity contribution in [1.29, 1.82) is 0 Å². The summed E-state index contributed by atoms with van der Waals surface area (Å²) in [6.07, 6.45) is 6.59. The van der Waals surface area contributed by atoms with Crippen LogP contribution in [0, 0.1) is 0 Å². The van der Waals surface area contributed by atoms with E-state index in [1.807, 2.05) is 32.1 Å². The van der Waals surface area contributed by atoms with Crippen LogP contribution in [-0.4, -0.2) is 5.91 Å². The molecule has 2 nitrogen and oxygen atoms in total. The Morgan fingerprint density at radius 1 is 1.55 bits per heavy atom. The van der Waals surface area contributed by atoms with Crippen molar-refractivity contribution in [2.75, 3.05) is 0 Å². The highest BCUT2D eigenvalue weighted by Gasteiger charge is 1.93. The van der Waals surface area contributed by atoms with E-state index in [0.717, 1.165) is 12.1 Å². The molecule has 1 N–H and O–H groups in total. The third kappa shape index (κ3) is 5.40. The third-order valence-corrected chi connectivity index (χ3v) is 1.21. The summed E-state index contributed by atoms with van der Waals surface area (Å²) in [5, 5.41) is 2.74. The van der Waals surface area contributed by atoms with Gasteiger partial charge in [-0.2, -0.15) is 0 Å². The maximum atomic E-state index is 10.6. The van der Waals surface area contributed by atoms with Crippen LogP contribution in [0.3, 0.4) is 0 Å². The summed E-state index contributed by atoms with van der Waals surface area (Å²) in [6, 6.07) is 0. The topological polar surface area (TPSA) is 29.1 Å². The molecule has 0 saturated heterocycles. The molecule has 0 aliphatic heterocycles. The Labute approximate surface area is 68.0 Å². The molecular formula is C9H15NO. The van der Waals surface area contributed by atoms with E-state index >= 15 is 0 Å². The van der Waals surface area contributed by atoms with E-state index in [-0.39, 0.29) is 5.91 Å². The van der Waals surface area contributed by atoms with Crippen molar-refractivity contribution < 1.29 is 4.79 Å². The van der Waals surface area contributed by atoms with Crippen molar-refractivity contribution in [1.82, 2.24) is 5.32 Å². The Bertz CT molecular complexity index is 180. The molecule has 62 valence electrons. The number of carbonyl (C=O) groups is 1. The molecule has 0 rings (SSSR count). The second kappa shape index (κ2) is 5.71. The van der Waals surface area contributed by atoms with Gasteiger partial charge in [-0.25, -0.2) is 0 Å². The molecular weight excluding hydrogens is 138 g/mol. The van der Waals surface area contributed by atoms with Crippen LogP contribution in [-0.2, 0) is 4.79 Å². The lowest BCUT2D eigenvalue weighted by atomic mass is 10.3. The van der Waals surface area contributed by atoms with Crippen LogP contribution in [0.5, 0.6) is 0 Å². The maximum absolute atomic E-state index is 10.6. The van der Waals surface area contributed by atoms with Crippen molar-refractivity contribution in [3.05, 3.63) is 23.9 Å². The zero-order valence-corrected chi connectivity index (χ0v) is 7.35. The third-order valence-electron chi connectivity index (χ3n) is 1.21. The van der Waals surface area contributed by atoms with Crippen molar-refractivity contribution in [2.45, 2.75) is 27.2 Å². The molecule has 0 aromatic heterocycles. The first-order valence-corrected chi connectivity index (χ1v) is 3.80. The lowest BCUT2D eigenvalue weighted by molar-refractivity contribution is -0.118. The predicted molar refractivity (Wildman–Crippen MR) is 47.0 cm³/mol. The number of rotatable bonds is 3. The average molecular weight is 153 g/mol. The van der Waals surface area contributed by atoms with Crippen LogP contribution in [0.1, 0.15) is 27.2 Å². The highest BCUT2D eigenvalue weighted by atomic mass is 16.1. The normalized spacial score (nSPS) is 12.1. The molecule has 0 bridgehead atoms. The van der Waals surface area contributed by atoms with Gasteiger partial charge in [0, 0.05) is 12.6 Å². The highest BCUT2D eigenvalue weighted by Crippen LogP contribution is 1.95. The molecule has 0 fully saturated rings. The first-order chi connectivity index (χ1) is 5.20. The largest absolute Gasteiger partial charge is 0.330 e. The SMILES string of the molecule is C/C=C\C=C(/CC)NC(C)=O. The second-order valence-electron chi connectivity index (χ2n) is 2.25. The van der Waals surface area contributed by atoms with Crippen molar-refractivity contribution in [2.24, 2.45) is 0 Å². The van der Waals surface area contributed by atoms with Gasteiger partial charge in [0.1, 0.15) is 0 Å². The maximum Gasteiger partial charge on any atom is 0.220 e. The minimum absolute atomic E-state index is 0.0115. The number of hydrogen-bond donors (Lipinski definition) is 1. The number of nitrogens with one attached hydrogen (secondary N) is 1. The van der Waals surface area contributed by atoms with Gasteiger partial charge in [-0.05, 0) is 19.4 Å². The van der Waals surface area contributed by atoms with Crippen LogP contribution in [0.15, 0.2) is 23.9 Å². The minimum atomic E-state index is -0.0115. The Morgan fingerprint density at radius 2 is 2.18 bits per heavy atom. The molecule has 1 amide bonds. The zero-order valence-electron chi connectivity index (χ0n) is 7.35. The van der Waals surface area contributed by atoms with Crippen LogP contribution in [0.25, 0.3) is 0 Å². The minimum Gasteiger partial charge on any atom is -0.330 e. The summed E-state index contributed by atoms with van der Waals surface area (Å²) < 4.78 is 0. The molecule has 0 aromatic rings. The van der Waals surface area contributed by atoms with Crippen LogP contribution >= 0.6 is 0 Å². The average Bonchev–Trinajstić information content (AvgIpc) is 1.97. The van der Waals surface area contributed by atoms with Gasteiger partial charge in [0.2, 0.25) is 5.91 Å². The predicted octanol–water partition coefficient (Wildman–Crippen LogP) is 1.99. The summed E-state index contributed by atoms with van der Waals surface area (Å²) in [6.45, 7) is 5.46. The summed E-state index contributed by atoms with van der Waals surface area (Å²) in [5.74, 6) is -0.0115. The van der Waals surface area contributed by atoms with E-state index in [9.17, 15) is 4.79 Å². The van der Waals surface area contributed by atoms with Gasteiger partial charge in [0.25, 0.3) is 0 Å². The fraction of sp³-hybridized carbons (Fsp3) is 0.444. The van der Waals surface area contributed by atoms with E-state index in [2.05, 4.69) is 5.32 Å². The number of carbonyl (C=O) groups excluding carboxylic acids is 1. The molecule has 0 unspecified atom stereocenters. The van der Waals surface area contributed by atoms with E-state index < -0.39 is 0 Å². The van der Waals surface area contributed by atoms with Gasteiger partial charge in [0.15, 0.2) is 0 Å². The number of amides is 1. The fourth-order valence-electron chi connectivity index (χ4n) is 0.686. The highest BCUT2D eigenvalue weighted by molar-refractivity contribution is 5.74. The molecule has 0 heterocycles. The molecule has 0 radical (unpaired) electrons. The fourth-order valence-corrected chi connectivity index (χ4v) is 0.686. The van der Waals surface area contributed by atoms with Crippen molar-refractivity contribution in [3.63, 3.8) is 0 Å². The Kier molecular flexibility index (Phi) is 5.17. The summed E-state index contributed by atoms with van der Waals surface area (Å²) in [4.78, 5) is 10.6. The quantitative estimate of drug-likeness (QED) is 0.617. The Balaban J connectivity index is 4.04. The summed E-state index contributed by atoms with van der Waals surface area (Å²) >= 11 is 0. The molecule has 0 aromatic carbocycles. The standard InChI is InChI=1S/C9H15NO/c1-4-6-7-9(5-2)10-8(3)11/h4,6-7H,5H2,1-3H3,(H,10,11)/b6-4-,9-7+.